The molecule has 0 unspecified atom stereocenters. The van der Waals surface area contributed by atoms with Gasteiger partial charge in [0.05, 0.1) is 0 Å². The first kappa shape index (κ1) is 16.2. The lowest BCUT2D eigenvalue weighted by Crippen LogP contribution is -2.09. The second-order valence-electron chi connectivity index (χ2n) is 6.31. The van der Waals surface area contributed by atoms with Gasteiger partial charge in [-0.15, -0.1) is 0 Å². The lowest BCUT2D eigenvalue weighted by molar-refractivity contribution is 1.28. The van der Waals surface area contributed by atoms with E-state index in [1.54, 1.807) is 0 Å². The summed E-state index contributed by atoms with van der Waals surface area (Å²) in [5.41, 5.74) is 7.03. The number of aryl methyl sites for hydroxylation is 1. The zero-order valence-electron chi connectivity index (χ0n) is 14.8. The number of hydrogen-bond donors (Lipinski definition) is 0. The first-order chi connectivity index (χ1) is 12.8. The highest BCUT2D eigenvalue weighted by Gasteiger charge is 2.11. The van der Waals surface area contributed by atoms with E-state index in [-0.39, 0.29) is 0 Å². The van der Waals surface area contributed by atoms with Gasteiger partial charge >= 0.3 is 0 Å². The first-order valence-electron chi connectivity index (χ1n) is 8.80. The van der Waals surface area contributed by atoms with Crippen LogP contribution < -0.4 is 4.90 Å². The molecule has 1 nitrogen and oxygen atoms in total. The summed E-state index contributed by atoms with van der Waals surface area (Å²) in [6, 6.07) is 39.1. The highest BCUT2D eigenvalue weighted by molar-refractivity contribution is 5.78. The van der Waals surface area contributed by atoms with Crippen molar-refractivity contribution < 1.29 is 0 Å². The fraction of sp³-hybridized carbons (Fsp3) is 0.0400. The average molecular weight is 334 g/mol. The van der Waals surface area contributed by atoms with Crippen molar-refractivity contribution >= 4 is 17.1 Å². The summed E-state index contributed by atoms with van der Waals surface area (Å²) < 4.78 is 0. The van der Waals surface area contributed by atoms with E-state index in [0.29, 0.717) is 0 Å². The second kappa shape index (κ2) is 7.28. The van der Waals surface area contributed by atoms with Crippen molar-refractivity contribution in [3.05, 3.63) is 115 Å². The van der Waals surface area contributed by atoms with Crippen LogP contribution in [0.2, 0.25) is 0 Å². The maximum Gasteiger partial charge on any atom is 0.0462 e. The molecule has 26 heavy (non-hydrogen) atoms. The van der Waals surface area contributed by atoms with Crippen molar-refractivity contribution in [3.63, 3.8) is 0 Å². The van der Waals surface area contributed by atoms with Crippen molar-refractivity contribution in [1.82, 2.24) is 0 Å². The van der Waals surface area contributed by atoms with Gasteiger partial charge in [0.1, 0.15) is 0 Å². The molecule has 0 aliphatic carbocycles. The van der Waals surface area contributed by atoms with Gasteiger partial charge in [-0.05, 0) is 66.1 Å². The van der Waals surface area contributed by atoms with Gasteiger partial charge in [0.25, 0.3) is 0 Å². The lowest BCUT2D eigenvalue weighted by Gasteiger charge is -2.25. The molecule has 0 bridgehead atoms. The van der Waals surface area contributed by atoms with E-state index in [1.165, 1.54) is 11.1 Å². The van der Waals surface area contributed by atoms with Crippen molar-refractivity contribution in [2.24, 2.45) is 0 Å². The van der Waals surface area contributed by atoms with Gasteiger partial charge in [-0.2, -0.15) is 0 Å². The third-order valence-electron chi connectivity index (χ3n) is 4.43. The molecule has 0 amide bonds. The van der Waals surface area contributed by atoms with E-state index in [2.05, 4.69) is 103 Å². The molecule has 0 saturated heterocycles. The van der Waals surface area contributed by atoms with E-state index >= 15 is 0 Å². The molecule has 0 fully saturated rings. The highest BCUT2D eigenvalue weighted by Crippen LogP contribution is 2.35. The summed E-state index contributed by atoms with van der Waals surface area (Å²) in [4.78, 5) is 2.27. The molecule has 0 aliphatic heterocycles. The molecule has 0 atom stereocenters. The third-order valence-corrected chi connectivity index (χ3v) is 4.43. The Labute approximate surface area is 155 Å². The van der Waals surface area contributed by atoms with Crippen LogP contribution >= 0.6 is 0 Å². The minimum absolute atomic E-state index is 1.14. The van der Waals surface area contributed by atoms with Crippen LogP contribution in [0.5, 0.6) is 0 Å². The monoisotopic (exact) mass is 334 g/mol. The highest BCUT2D eigenvalue weighted by atomic mass is 15.1. The SMILES string of the molecule is Cc1[c]ccc(-c2ccc(N(c3ccccc3)c3ccccc3)cc2)c1. The molecule has 0 spiro atoms. The number of rotatable bonds is 4. The van der Waals surface area contributed by atoms with Crippen LogP contribution in [0, 0.1) is 13.0 Å². The van der Waals surface area contributed by atoms with Gasteiger partial charge in [-0.25, -0.2) is 0 Å². The Hall–Kier alpha value is -3.32. The molecule has 0 aromatic heterocycles. The zero-order chi connectivity index (χ0) is 17.8. The minimum Gasteiger partial charge on any atom is -0.311 e. The summed E-state index contributed by atoms with van der Waals surface area (Å²) in [6.45, 7) is 2.07. The maximum atomic E-state index is 3.21. The van der Waals surface area contributed by atoms with Gasteiger partial charge in [-0.1, -0.05) is 66.7 Å². The van der Waals surface area contributed by atoms with Gasteiger partial charge < -0.3 is 4.90 Å². The van der Waals surface area contributed by atoms with Crippen LogP contribution in [0.1, 0.15) is 5.56 Å². The molecule has 125 valence electrons. The van der Waals surface area contributed by atoms with Crippen LogP contribution in [-0.2, 0) is 0 Å². The molecule has 4 rings (SSSR count). The van der Waals surface area contributed by atoms with Crippen LogP contribution in [0.3, 0.4) is 0 Å². The molecule has 0 N–H and O–H groups in total. The number of benzene rings is 4. The largest absolute Gasteiger partial charge is 0.311 e. The van der Waals surface area contributed by atoms with Crippen LogP contribution in [0.4, 0.5) is 17.1 Å². The van der Waals surface area contributed by atoms with Crippen molar-refractivity contribution in [2.45, 2.75) is 6.92 Å². The Bertz CT molecular complexity index is 934. The number of para-hydroxylation sites is 2. The summed E-state index contributed by atoms with van der Waals surface area (Å²) in [7, 11) is 0. The summed E-state index contributed by atoms with van der Waals surface area (Å²) in [5, 5.41) is 0. The normalized spacial score (nSPS) is 10.5. The Morgan fingerprint density at radius 2 is 1.12 bits per heavy atom. The first-order valence-corrected chi connectivity index (χ1v) is 8.80. The van der Waals surface area contributed by atoms with Crippen molar-refractivity contribution in [1.29, 1.82) is 0 Å². The molecule has 0 saturated carbocycles. The third kappa shape index (κ3) is 3.38. The van der Waals surface area contributed by atoms with E-state index in [0.717, 1.165) is 22.6 Å². The summed E-state index contributed by atoms with van der Waals surface area (Å²) >= 11 is 0. The second-order valence-corrected chi connectivity index (χ2v) is 6.31. The van der Waals surface area contributed by atoms with E-state index in [1.807, 2.05) is 18.2 Å². The van der Waals surface area contributed by atoms with Crippen LogP contribution in [0.25, 0.3) is 11.1 Å². The molecular weight excluding hydrogens is 314 g/mol. The fourth-order valence-corrected chi connectivity index (χ4v) is 3.17. The molecular formula is C25H20N. The van der Waals surface area contributed by atoms with Crippen LogP contribution in [0.15, 0.2) is 103 Å². The van der Waals surface area contributed by atoms with Crippen LogP contribution in [-0.4, -0.2) is 0 Å². The van der Waals surface area contributed by atoms with Crippen molar-refractivity contribution in [2.75, 3.05) is 4.90 Å². The molecule has 1 radical (unpaired) electrons. The predicted molar refractivity (Wildman–Crippen MR) is 110 cm³/mol. The van der Waals surface area contributed by atoms with Gasteiger partial charge in [0, 0.05) is 17.1 Å². The zero-order valence-corrected chi connectivity index (χ0v) is 14.8. The molecule has 0 aliphatic rings. The smallest absolute Gasteiger partial charge is 0.0462 e. The van der Waals surface area contributed by atoms with E-state index in [4.69, 9.17) is 0 Å². The average Bonchev–Trinajstić information content (AvgIpc) is 2.70. The predicted octanol–water partition coefficient (Wildman–Crippen LogP) is 6.93. The molecule has 4 aromatic rings. The number of anilines is 3. The molecule has 0 heterocycles. The standard InChI is InChI=1S/C25H20N/c1-20-9-8-10-22(19-20)21-15-17-25(18-16-21)26(23-11-4-2-5-12-23)24-13-6-3-7-14-24/h2-8,10-19H,1H3. The van der Waals surface area contributed by atoms with Gasteiger partial charge in [0.15, 0.2) is 0 Å². The molecule has 1 heteroatoms. The molecule has 4 aromatic carbocycles. The quantitative estimate of drug-likeness (QED) is 0.391. The topological polar surface area (TPSA) is 3.24 Å². The van der Waals surface area contributed by atoms with E-state index in [9.17, 15) is 0 Å². The van der Waals surface area contributed by atoms with E-state index < -0.39 is 0 Å². The Morgan fingerprint density at radius 3 is 1.65 bits per heavy atom. The van der Waals surface area contributed by atoms with Gasteiger partial charge in [0.2, 0.25) is 0 Å². The van der Waals surface area contributed by atoms with Crippen molar-refractivity contribution in [3.8, 4) is 11.1 Å². The number of hydrogen-bond acceptors (Lipinski definition) is 1. The Kier molecular flexibility index (Phi) is 4.53. The summed E-state index contributed by atoms with van der Waals surface area (Å²) in [5.74, 6) is 0. The summed E-state index contributed by atoms with van der Waals surface area (Å²) in [6.07, 6.45) is 0. The fourth-order valence-electron chi connectivity index (χ4n) is 3.17. The minimum atomic E-state index is 1.14. The maximum absolute atomic E-state index is 3.21. The number of nitrogens with zero attached hydrogens (tertiary/aromatic N) is 1. The van der Waals surface area contributed by atoms with Gasteiger partial charge in [-0.3, -0.25) is 0 Å². The lowest BCUT2D eigenvalue weighted by atomic mass is 10.0. The Balaban J connectivity index is 1.75. The Morgan fingerprint density at radius 1 is 0.577 bits per heavy atom.